The van der Waals surface area contributed by atoms with Gasteiger partial charge >= 0.3 is 0 Å². The number of hydrogen-bond donors (Lipinski definition) is 1. The predicted octanol–water partition coefficient (Wildman–Crippen LogP) is 4.41. The average Bonchev–Trinajstić information content (AvgIpc) is 3.07. The number of nitrogens with one attached hydrogen (secondary N) is 1. The molecule has 0 unspecified atom stereocenters. The topological polar surface area (TPSA) is 81.1 Å². The van der Waals surface area contributed by atoms with Crippen molar-refractivity contribution in [3.8, 4) is 0 Å². The van der Waals surface area contributed by atoms with Crippen LogP contribution < -0.4 is 5.32 Å². The first-order valence-electron chi connectivity index (χ1n) is 10.1. The minimum atomic E-state index is -3.75. The third-order valence-corrected chi connectivity index (χ3v) is 6.74. The lowest BCUT2D eigenvalue weighted by molar-refractivity contribution is 0.101. The number of nitrogens with zero attached hydrogens (tertiary/aromatic N) is 2. The van der Waals surface area contributed by atoms with Gasteiger partial charge in [0, 0.05) is 18.2 Å². The lowest BCUT2D eigenvalue weighted by Crippen LogP contribution is -2.22. The second-order valence-corrected chi connectivity index (χ2v) is 9.88. The molecule has 0 aliphatic heterocycles. The number of amides is 1. The molecule has 158 valence electrons. The van der Waals surface area contributed by atoms with E-state index in [9.17, 15) is 17.6 Å². The summed E-state index contributed by atoms with van der Waals surface area (Å²) in [4.78, 5) is 12.7. The number of hydrogen-bond acceptors (Lipinski definition) is 4. The van der Waals surface area contributed by atoms with Gasteiger partial charge in [-0.3, -0.25) is 9.48 Å². The molecule has 0 saturated heterocycles. The first-order chi connectivity index (χ1) is 14.3. The van der Waals surface area contributed by atoms with Gasteiger partial charge in [-0.05, 0) is 37.0 Å². The molecule has 1 aliphatic rings. The fourth-order valence-corrected chi connectivity index (χ4v) is 4.90. The Bertz CT molecular complexity index is 1200. The van der Waals surface area contributed by atoms with Crippen molar-refractivity contribution in [2.24, 2.45) is 5.92 Å². The Balaban J connectivity index is 1.70. The number of carbonyl (C=O) groups is 1. The Morgan fingerprint density at radius 1 is 1.13 bits per heavy atom. The normalized spacial score (nSPS) is 15.4. The van der Waals surface area contributed by atoms with Crippen molar-refractivity contribution in [2.75, 3.05) is 11.6 Å². The van der Waals surface area contributed by atoms with Gasteiger partial charge in [0.1, 0.15) is 10.6 Å². The molecule has 0 atom stereocenters. The molecular weight excluding hydrogens is 405 g/mol. The molecule has 6 nitrogen and oxygen atoms in total. The highest BCUT2D eigenvalue weighted by atomic mass is 32.2. The van der Waals surface area contributed by atoms with Gasteiger partial charge in [0.05, 0.1) is 11.2 Å². The molecule has 3 aromatic rings. The Kier molecular flexibility index (Phi) is 5.60. The van der Waals surface area contributed by atoms with E-state index >= 15 is 0 Å². The largest absolute Gasteiger partial charge is 0.318 e. The minimum absolute atomic E-state index is 0.169. The summed E-state index contributed by atoms with van der Waals surface area (Å²) in [7, 11) is -3.75. The smallest absolute Gasteiger partial charge is 0.274 e. The molecule has 4 rings (SSSR count). The van der Waals surface area contributed by atoms with Crippen LogP contribution in [0.1, 0.15) is 42.6 Å². The van der Waals surface area contributed by atoms with E-state index in [-0.39, 0.29) is 5.69 Å². The summed E-state index contributed by atoms with van der Waals surface area (Å²) in [5.41, 5.74) is 0.890. The number of rotatable bonds is 5. The Hall–Kier alpha value is -2.74. The molecule has 2 aromatic carbocycles. The van der Waals surface area contributed by atoms with Gasteiger partial charge in [0.25, 0.3) is 5.91 Å². The number of benzene rings is 2. The van der Waals surface area contributed by atoms with E-state index in [2.05, 4.69) is 10.4 Å². The Labute approximate surface area is 175 Å². The van der Waals surface area contributed by atoms with Gasteiger partial charge in [-0.15, -0.1) is 0 Å². The quantitative estimate of drug-likeness (QED) is 0.651. The zero-order valence-electron chi connectivity index (χ0n) is 16.8. The van der Waals surface area contributed by atoms with Crippen molar-refractivity contribution < 1.29 is 17.6 Å². The molecule has 0 spiro atoms. The average molecular weight is 430 g/mol. The summed E-state index contributed by atoms with van der Waals surface area (Å²) >= 11 is 0. The van der Waals surface area contributed by atoms with E-state index < -0.39 is 26.5 Å². The van der Waals surface area contributed by atoms with Gasteiger partial charge in [-0.25, -0.2) is 12.8 Å². The summed E-state index contributed by atoms with van der Waals surface area (Å²) in [6.45, 7) is 0.628. The molecule has 1 saturated carbocycles. The molecule has 1 aromatic heterocycles. The van der Waals surface area contributed by atoms with Crippen LogP contribution in [0.5, 0.6) is 0 Å². The maximum absolute atomic E-state index is 14.7. The van der Waals surface area contributed by atoms with Crippen LogP contribution in [0.25, 0.3) is 10.9 Å². The Morgan fingerprint density at radius 3 is 2.60 bits per heavy atom. The maximum Gasteiger partial charge on any atom is 0.274 e. The maximum atomic E-state index is 14.7. The van der Waals surface area contributed by atoms with Crippen molar-refractivity contribution >= 4 is 32.3 Å². The third-order valence-electron chi connectivity index (χ3n) is 5.63. The molecule has 0 bridgehead atoms. The van der Waals surface area contributed by atoms with Gasteiger partial charge in [0.15, 0.2) is 15.7 Å². The first-order valence-corrected chi connectivity index (χ1v) is 12.0. The summed E-state index contributed by atoms with van der Waals surface area (Å²) in [5, 5.41) is 7.86. The third kappa shape index (κ3) is 4.09. The van der Waals surface area contributed by atoms with Crippen LogP contribution in [0.4, 0.5) is 10.1 Å². The van der Waals surface area contributed by atoms with Crippen LogP contribution in [0.2, 0.25) is 0 Å². The molecular formula is C22H24FN3O3S. The highest BCUT2D eigenvalue weighted by Crippen LogP contribution is 2.28. The van der Waals surface area contributed by atoms with Crippen molar-refractivity contribution in [1.82, 2.24) is 9.78 Å². The van der Waals surface area contributed by atoms with Crippen LogP contribution in [0.15, 0.2) is 47.4 Å². The van der Waals surface area contributed by atoms with E-state index in [1.54, 1.807) is 4.68 Å². The van der Waals surface area contributed by atoms with E-state index in [1.165, 1.54) is 37.5 Å². The second kappa shape index (κ2) is 8.18. The SMILES string of the molecule is CS(=O)(=O)c1cccc(NC(=O)c2c3ccccc3nn2CC2CCCCC2)c1F. The molecule has 8 heteroatoms. The minimum Gasteiger partial charge on any atom is -0.318 e. The van der Waals surface area contributed by atoms with Gasteiger partial charge < -0.3 is 5.32 Å². The van der Waals surface area contributed by atoms with Crippen LogP contribution in [-0.4, -0.2) is 30.4 Å². The number of aromatic nitrogens is 2. The number of halogens is 1. The highest BCUT2D eigenvalue weighted by molar-refractivity contribution is 7.90. The summed E-state index contributed by atoms with van der Waals surface area (Å²) < 4.78 is 40.1. The lowest BCUT2D eigenvalue weighted by Gasteiger charge is -2.22. The van der Waals surface area contributed by atoms with Crippen molar-refractivity contribution in [3.05, 3.63) is 54.0 Å². The molecule has 30 heavy (non-hydrogen) atoms. The molecule has 1 fully saturated rings. The fraction of sp³-hybridized carbons (Fsp3) is 0.364. The second-order valence-electron chi connectivity index (χ2n) is 7.90. The molecule has 1 heterocycles. The van der Waals surface area contributed by atoms with Crippen LogP contribution in [0, 0.1) is 11.7 Å². The number of carbonyl (C=O) groups excluding carboxylic acids is 1. The summed E-state index contributed by atoms with van der Waals surface area (Å²) in [6.07, 6.45) is 6.72. The predicted molar refractivity (Wildman–Crippen MR) is 114 cm³/mol. The van der Waals surface area contributed by atoms with Crippen molar-refractivity contribution in [2.45, 2.75) is 43.5 Å². The van der Waals surface area contributed by atoms with Gasteiger partial charge in [-0.1, -0.05) is 43.5 Å². The zero-order chi connectivity index (χ0) is 21.3. The van der Waals surface area contributed by atoms with E-state index in [0.29, 0.717) is 29.1 Å². The number of fused-ring (bicyclic) bond motifs is 1. The number of sulfone groups is 1. The summed E-state index contributed by atoms with van der Waals surface area (Å²) in [5.74, 6) is -1.02. The van der Waals surface area contributed by atoms with Gasteiger partial charge in [-0.2, -0.15) is 5.10 Å². The van der Waals surface area contributed by atoms with Crippen molar-refractivity contribution in [1.29, 1.82) is 0 Å². The molecule has 1 aliphatic carbocycles. The molecule has 1 amide bonds. The highest BCUT2D eigenvalue weighted by Gasteiger charge is 2.24. The van der Waals surface area contributed by atoms with E-state index in [1.807, 2.05) is 24.3 Å². The Morgan fingerprint density at radius 2 is 1.87 bits per heavy atom. The van der Waals surface area contributed by atoms with Gasteiger partial charge in [0.2, 0.25) is 0 Å². The standard InChI is InChI=1S/C22H24FN3O3S/c1-30(28,29)19-13-7-12-18(20(19)23)24-22(27)21-16-10-5-6-11-17(16)25-26(21)14-15-8-3-2-4-9-15/h5-7,10-13,15H,2-4,8-9,14H2,1H3,(H,24,27). The zero-order valence-corrected chi connectivity index (χ0v) is 17.6. The molecule has 1 N–H and O–H groups in total. The van der Waals surface area contributed by atoms with Crippen molar-refractivity contribution in [3.63, 3.8) is 0 Å². The van der Waals surface area contributed by atoms with Crippen LogP contribution in [0.3, 0.4) is 0 Å². The molecule has 0 radical (unpaired) electrons. The fourth-order valence-electron chi connectivity index (χ4n) is 4.14. The van der Waals surface area contributed by atoms with Crippen LogP contribution >= 0.6 is 0 Å². The van der Waals surface area contributed by atoms with E-state index in [0.717, 1.165) is 19.1 Å². The van der Waals surface area contributed by atoms with E-state index in [4.69, 9.17) is 0 Å². The van der Waals surface area contributed by atoms with Crippen LogP contribution in [-0.2, 0) is 16.4 Å². The number of anilines is 1. The summed E-state index contributed by atoms with van der Waals surface area (Å²) in [6, 6.07) is 11.3. The lowest BCUT2D eigenvalue weighted by atomic mass is 9.89. The monoisotopic (exact) mass is 429 g/mol. The first kappa shape index (κ1) is 20.5.